The number of carbonyl (C=O) groups excluding carboxylic acids is 1. The van der Waals surface area contributed by atoms with E-state index in [1.807, 2.05) is 30.9 Å². The van der Waals surface area contributed by atoms with Crippen molar-refractivity contribution in [3.63, 3.8) is 0 Å². The van der Waals surface area contributed by atoms with Gasteiger partial charge in [-0.15, -0.1) is 0 Å². The third-order valence-corrected chi connectivity index (χ3v) is 5.04. The minimum Gasteiger partial charge on any atom is -0.338 e. The molecule has 8 heteroatoms. The molecule has 1 aliphatic rings. The van der Waals surface area contributed by atoms with Crippen LogP contribution in [-0.2, 0) is 0 Å². The van der Waals surface area contributed by atoms with Crippen molar-refractivity contribution in [3.8, 4) is 0 Å². The second kappa shape index (κ2) is 7.98. The van der Waals surface area contributed by atoms with Gasteiger partial charge >= 0.3 is 0 Å². The van der Waals surface area contributed by atoms with Gasteiger partial charge in [0.1, 0.15) is 17.5 Å². The van der Waals surface area contributed by atoms with E-state index in [-0.39, 0.29) is 17.6 Å². The number of H-pyrrole nitrogens is 1. The average molecular weight is 394 g/mol. The Morgan fingerprint density at radius 3 is 2.69 bits per heavy atom. The van der Waals surface area contributed by atoms with Crippen LogP contribution in [0.5, 0.6) is 0 Å². The first-order valence-electron chi connectivity index (χ1n) is 9.67. The van der Waals surface area contributed by atoms with E-state index in [0.717, 1.165) is 24.2 Å². The molecule has 1 saturated heterocycles. The van der Waals surface area contributed by atoms with Gasteiger partial charge in [0.05, 0.1) is 5.69 Å². The van der Waals surface area contributed by atoms with Gasteiger partial charge in [-0.2, -0.15) is 5.10 Å². The zero-order chi connectivity index (χ0) is 20.4. The van der Waals surface area contributed by atoms with Crippen molar-refractivity contribution in [2.75, 3.05) is 18.4 Å². The fraction of sp³-hybridized carbons (Fsp3) is 0.333. The van der Waals surface area contributed by atoms with E-state index in [4.69, 9.17) is 0 Å². The number of halogens is 1. The van der Waals surface area contributed by atoms with E-state index < -0.39 is 0 Å². The molecule has 150 valence electrons. The van der Waals surface area contributed by atoms with Crippen LogP contribution in [0.1, 0.15) is 46.3 Å². The van der Waals surface area contributed by atoms with Crippen molar-refractivity contribution in [1.82, 2.24) is 25.1 Å². The summed E-state index contributed by atoms with van der Waals surface area (Å²) in [6.07, 6.45) is 1.84. The molecule has 1 amide bonds. The van der Waals surface area contributed by atoms with E-state index in [0.29, 0.717) is 36.1 Å². The second-order valence-corrected chi connectivity index (χ2v) is 7.38. The molecule has 0 aliphatic carbocycles. The van der Waals surface area contributed by atoms with Crippen molar-refractivity contribution in [3.05, 3.63) is 65.0 Å². The zero-order valence-electron chi connectivity index (χ0n) is 16.4. The van der Waals surface area contributed by atoms with Crippen LogP contribution in [0.2, 0.25) is 0 Å². The van der Waals surface area contributed by atoms with Gasteiger partial charge in [0, 0.05) is 42.4 Å². The first-order chi connectivity index (χ1) is 14.0. The molecule has 29 heavy (non-hydrogen) atoms. The molecule has 4 rings (SSSR count). The van der Waals surface area contributed by atoms with Gasteiger partial charge < -0.3 is 10.2 Å². The summed E-state index contributed by atoms with van der Waals surface area (Å²) in [5.41, 5.74) is 2.37. The molecule has 3 aromatic rings. The Balaban J connectivity index is 1.51. The number of nitrogens with one attached hydrogen (secondary N) is 2. The van der Waals surface area contributed by atoms with Gasteiger partial charge in [0.15, 0.2) is 5.82 Å². The normalized spacial score (nSPS) is 16.7. The third kappa shape index (κ3) is 4.42. The molecule has 0 saturated carbocycles. The summed E-state index contributed by atoms with van der Waals surface area (Å²) in [5, 5.41) is 10.3. The topological polar surface area (TPSA) is 86.8 Å². The van der Waals surface area contributed by atoms with Crippen molar-refractivity contribution >= 4 is 17.5 Å². The molecule has 1 aliphatic heterocycles. The number of benzene rings is 1. The van der Waals surface area contributed by atoms with Gasteiger partial charge in [-0.1, -0.05) is 0 Å². The Morgan fingerprint density at radius 1 is 1.17 bits per heavy atom. The maximum Gasteiger partial charge on any atom is 0.253 e. The van der Waals surface area contributed by atoms with Crippen LogP contribution in [-0.4, -0.2) is 44.1 Å². The van der Waals surface area contributed by atoms with Gasteiger partial charge in [-0.25, -0.2) is 14.4 Å². The fourth-order valence-electron chi connectivity index (χ4n) is 3.66. The first kappa shape index (κ1) is 19.0. The first-order valence-corrected chi connectivity index (χ1v) is 9.67. The highest BCUT2D eigenvalue weighted by Gasteiger charge is 2.27. The molecule has 2 N–H and O–H groups in total. The van der Waals surface area contributed by atoms with Crippen LogP contribution in [0.25, 0.3) is 0 Å². The lowest BCUT2D eigenvalue weighted by molar-refractivity contribution is 0.0706. The maximum atomic E-state index is 13.2. The van der Waals surface area contributed by atoms with Crippen LogP contribution < -0.4 is 5.32 Å². The number of rotatable bonds is 4. The second-order valence-electron chi connectivity index (χ2n) is 7.38. The van der Waals surface area contributed by atoms with Crippen molar-refractivity contribution in [2.45, 2.75) is 32.6 Å². The molecule has 0 unspecified atom stereocenters. The lowest BCUT2D eigenvalue weighted by Crippen LogP contribution is -2.39. The van der Waals surface area contributed by atoms with E-state index >= 15 is 0 Å². The molecule has 7 nitrogen and oxygen atoms in total. The number of hydrogen-bond donors (Lipinski definition) is 2. The summed E-state index contributed by atoms with van der Waals surface area (Å²) in [7, 11) is 0. The maximum absolute atomic E-state index is 13.2. The Bertz CT molecular complexity index is 1020. The molecule has 0 radical (unpaired) electrons. The number of carbonyl (C=O) groups is 1. The van der Waals surface area contributed by atoms with E-state index in [1.165, 1.54) is 24.3 Å². The number of nitrogens with zero attached hydrogens (tertiary/aromatic N) is 4. The highest BCUT2D eigenvalue weighted by atomic mass is 19.1. The van der Waals surface area contributed by atoms with Crippen LogP contribution in [0.4, 0.5) is 16.0 Å². The molecule has 1 aromatic carbocycles. The Morgan fingerprint density at radius 2 is 1.97 bits per heavy atom. The average Bonchev–Trinajstić information content (AvgIpc) is 3.12. The van der Waals surface area contributed by atoms with Crippen molar-refractivity contribution in [2.24, 2.45) is 0 Å². The minimum absolute atomic E-state index is 0.0779. The number of aryl methyl sites for hydroxylation is 2. The van der Waals surface area contributed by atoms with Crippen molar-refractivity contribution < 1.29 is 9.18 Å². The van der Waals surface area contributed by atoms with E-state index in [9.17, 15) is 9.18 Å². The van der Waals surface area contributed by atoms with Gasteiger partial charge in [-0.05, 0) is 51.0 Å². The SMILES string of the molecule is Cc1nc(Nc2cc(C)[nH]n2)cc([C@H]2CCCN(C(=O)c3ccc(F)cc3)C2)n1. The lowest BCUT2D eigenvalue weighted by Gasteiger charge is -2.32. The molecule has 0 bridgehead atoms. The largest absolute Gasteiger partial charge is 0.338 e. The Kier molecular flexibility index (Phi) is 5.24. The van der Waals surface area contributed by atoms with E-state index in [1.54, 1.807) is 0 Å². The van der Waals surface area contributed by atoms with Gasteiger partial charge in [0.2, 0.25) is 0 Å². The lowest BCUT2D eigenvalue weighted by atomic mass is 9.94. The van der Waals surface area contributed by atoms with Crippen LogP contribution in [0, 0.1) is 19.7 Å². The summed E-state index contributed by atoms with van der Waals surface area (Å²) < 4.78 is 13.2. The summed E-state index contributed by atoms with van der Waals surface area (Å²) in [4.78, 5) is 23.7. The van der Waals surface area contributed by atoms with Crippen molar-refractivity contribution in [1.29, 1.82) is 0 Å². The number of piperidine rings is 1. The predicted octanol–water partition coefficient (Wildman–Crippen LogP) is 3.72. The number of amides is 1. The number of aromatic nitrogens is 4. The molecule has 3 heterocycles. The molecular formula is C21H23FN6O. The minimum atomic E-state index is -0.346. The van der Waals surface area contributed by atoms with Crippen LogP contribution in [0.3, 0.4) is 0 Å². The Labute approximate surface area is 168 Å². The van der Waals surface area contributed by atoms with E-state index in [2.05, 4.69) is 25.5 Å². The standard InChI is InChI=1S/C21H23FN6O/c1-13-10-20(27-26-13)25-19-11-18(23-14(2)24-19)16-4-3-9-28(12-16)21(29)15-5-7-17(22)8-6-15/h5-8,10-11,16H,3-4,9,12H2,1-2H3,(H2,23,24,25,26,27)/t16-/m0/s1. The third-order valence-electron chi connectivity index (χ3n) is 5.04. The molecular weight excluding hydrogens is 371 g/mol. The molecule has 0 spiro atoms. The summed E-state index contributed by atoms with van der Waals surface area (Å²) >= 11 is 0. The molecule has 1 fully saturated rings. The number of likely N-dealkylation sites (tertiary alicyclic amines) is 1. The van der Waals surface area contributed by atoms with Crippen LogP contribution in [0.15, 0.2) is 36.4 Å². The van der Waals surface area contributed by atoms with Gasteiger partial charge in [-0.3, -0.25) is 9.89 Å². The number of anilines is 2. The molecule has 1 atom stereocenters. The highest BCUT2D eigenvalue weighted by molar-refractivity contribution is 5.94. The van der Waals surface area contributed by atoms with Crippen LogP contribution >= 0.6 is 0 Å². The summed E-state index contributed by atoms with van der Waals surface area (Å²) in [6, 6.07) is 9.52. The number of hydrogen-bond acceptors (Lipinski definition) is 5. The smallest absolute Gasteiger partial charge is 0.253 e. The zero-order valence-corrected chi connectivity index (χ0v) is 16.4. The monoisotopic (exact) mass is 394 g/mol. The molecule has 2 aromatic heterocycles. The Hall–Kier alpha value is -3.29. The predicted molar refractivity (Wildman–Crippen MR) is 108 cm³/mol. The summed E-state index contributed by atoms with van der Waals surface area (Å²) in [5.74, 6) is 1.74. The quantitative estimate of drug-likeness (QED) is 0.704. The number of aromatic amines is 1. The van der Waals surface area contributed by atoms with Gasteiger partial charge in [0.25, 0.3) is 5.91 Å². The summed E-state index contributed by atoms with van der Waals surface area (Å²) in [6.45, 7) is 5.06. The highest BCUT2D eigenvalue weighted by Crippen LogP contribution is 2.28. The fourth-order valence-corrected chi connectivity index (χ4v) is 3.66.